The van der Waals surface area contributed by atoms with Crippen LogP contribution in [-0.2, 0) is 14.2 Å². The van der Waals surface area contributed by atoms with E-state index in [1.165, 1.54) is 0 Å². The van der Waals surface area contributed by atoms with Gasteiger partial charge in [-0.15, -0.1) is 0 Å². The molecule has 1 amide bonds. The molecule has 1 fully saturated rings. The highest BCUT2D eigenvalue weighted by Crippen LogP contribution is 2.22. The second kappa shape index (κ2) is 10.1. The largest absolute Gasteiger partial charge is 0.444 e. The number of amides is 1. The maximum absolute atomic E-state index is 11.6. The number of rotatable bonds is 9. The van der Waals surface area contributed by atoms with E-state index in [0.717, 1.165) is 32.1 Å². The minimum absolute atomic E-state index is 0.307. The number of alkyl carbamates (subject to hydrolysis) is 1. The lowest BCUT2D eigenvalue weighted by atomic mass is 10.1. The molecule has 0 bridgehead atoms. The molecule has 6 heteroatoms. The number of methoxy groups -OCH3 is 2. The van der Waals surface area contributed by atoms with Gasteiger partial charge >= 0.3 is 6.09 Å². The topological polar surface area (TPSA) is 68.8 Å². The first-order valence-electron chi connectivity index (χ1n) is 8.58. The fourth-order valence-corrected chi connectivity index (χ4v) is 2.91. The van der Waals surface area contributed by atoms with Crippen LogP contribution < -0.4 is 10.6 Å². The zero-order chi connectivity index (χ0) is 17.3. The molecular formula is C17H34N2O4. The van der Waals surface area contributed by atoms with E-state index in [1.807, 2.05) is 20.8 Å². The Kier molecular flexibility index (Phi) is 8.87. The van der Waals surface area contributed by atoms with Gasteiger partial charge in [-0.2, -0.15) is 0 Å². The van der Waals surface area contributed by atoms with Crippen LogP contribution in [0.15, 0.2) is 0 Å². The third-order valence-corrected chi connectivity index (χ3v) is 3.95. The van der Waals surface area contributed by atoms with Crippen LogP contribution in [0.3, 0.4) is 0 Å². The molecule has 0 aromatic carbocycles. The minimum atomic E-state index is -0.454. The zero-order valence-corrected chi connectivity index (χ0v) is 15.3. The Hall–Kier alpha value is -0.850. The van der Waals surface area contributed by atoms with Gasteiger partial charge in [0.25, 0.3) is 0 Å². The van der Waals surface area contributed by atoms with Crippen molar-refractivity contribution in [3.63, 3.8) is 0 Å². The first-order chi connectivity index (χ1) is 10.8. The molecule has 0 radical (unpaired) electrons. The van der Waals surface area contributed by atoms with Gasteiger partial charge in [0.2, 0.25) is 0 Å². The Morgan fingerprint density at radius 1 is 1.26 bits per heavy atom. The highest BCUT2D eigenvalue weighted by molar-refractivity contribution is 5.67. The molecule has 0 saturated heterocycles. The fourth-order valence-electron chi connectivity index (χ4n) is 2.91. The predicted octanol–water partition coefficient (Wildman–Crippen LogP) is 2.46. The monoisotopic (exact) mass is 330 g/mol. The highest BCUT2D eigenvalue weighted by atomic mass is 16.6. The molecule has 0 aromatic rings. The van der Waals surface area contributed by atoms with E-state index in [9.17, 15) is 4.79 Å². The van der Waals surface area contributed by atoms with Crippen LogP contribution in [0, 0.1) is 0 Å². The van der Waals surface area contributed by atoms with Gasteiger partial charge in [0.1, 0.15) is 5.60 Å². The SMILES string of the molecule is COCC(CCCNC(=O)OC(C)(C)C)NC1CCC(OC)C1. The first-order valence-corrected chi connectivity index (χ1v) is 8.58. The number of hydrogen-bond acceptors (Lipinski definition) is 5. The van der Waals surface area contributed by atoms with E-state index in [2.05, 4.69) is 10.6 Å². The molecule has 1 aliphatic carbocycles. The van der Waals surface area contributed by atoms with Crippen LogP contribution >= 0.6 is 0 Å². The third-order valence-electron chi connectivity index (χ3n) is 3.95. The van der Waals surface area contributed by atoms with Gasteiger partial charge in [-0.1, -0.05) is 0 Å². The molecule has 0 aliphatic heterocycles. The van der Waals surface area contributed by atoms with Crippen molar-refractivity contribution >= 4 is 6.09 Å². The second-order valence-corrected chi connectivity index (χ2v) is 7.26. The van der Waals surface area contributed by atoms with Crippen molar-refractivity contribution in [2.75, 3.05) is 27.4 Å². The van der Waals surface area contributed by atoms with Crippen molar-refractivity contribution in [3.8, 4) is 0 Å². The van der Waals surface area contributed by atoms with Crippen molar-refractivity contribution in [3.05, 3.63) is 0 Å². The van der Waals surface area contributed by atoms with E-state index < -0.39 is 5.60 Å². The van der Waals surface area contributed by atoms with Gasteiger partial charge in [-0.05, 0) is 52.9 Å². The standard InChI is InChI=1S/C17H34N2O4/c1-17(2,3)23-16(20)18-10-6-7-14(12-21-4)19-13-8-9-15(11-13)22-5/h13-15,19H,6-12H2,1-5H3,(H,18,20). The number of carbonyl (C=O) groups excluding carboxylic acids is 1. The Labute approximate surface area is 140 Å². The first kappa shape index (κ1) is 20.2. The number of nitrogens with one attached hydrogen (secondary N) is 2. The van der Waals surface area contributed by atoms with Crippen LogP contribution in [0.25, 0.3) is 0 Å². The molecule has 1 rings (SSSR count). The molecule has 2 N–H and O–H groups in total. The summed E-state index contributed by atoms with van der Waals surface area (Å²) >= 11 is 0. The van der Waals surface area contributed by atoms with Crippen molar-refractivity contribution in [1.82, 2.24) is 10.6 Å². The molecule has 6 nitrogen and oxygen atoms in total. The molecule has 0 aromatic heterocycles. The molecule has 23 heavy (non-hydrogen) atoms. The zero-order valence-electron chi connectivity index (χ0n) is 15.3. The lowest BCUT2D eigenvalue weighted by Gasteiger charge is -2.23. The summed E-state index contributed by atoms with van der Waals surface area (Å²) in [6, 6.07) is 0.806. The molecule has 3 unspecified atom stereocenters. The molecule has 0 spiro atoms. The van der Waals surface area contributed by atoms with Crippen molar-refractivity contribution in [2.24, 2.45) is 0 Å². The summed E-state index contributed by atoms with van der Waals surface area (Å²) < 4.78 is 15.9. The van der Waals surface area contributed by atoms with Crippen LogP contribution in [0.2, 0.25) is 0 Å². The summed E-state index contributed by atoms with van der Waals surface area (Å²) in [7, 11) is 3.50. The summed E-state index contributed by atoms with van der Waals surface area (Å²) in [5, 5.41) is 6.46. The van der Waals surface area contributed by atoms with E-state index in [1.54, 1.807) is 14.2 Å². The van der Waals surface area contributed by atoms with Gasteiger partial charge in [0, 0.05) is 32.8 Å². The lowest BCUT2D eigenvalue weighted by Crippen LogP contribution is -2.41. The van der Waals surface area contributed by atoms with Crippen LogP contribution in [0.4, 0.5) is 4.79 Å². The van der Waals surface area contributed by atoms with E-state index in [4.69, 9.17) is 14.2 Å². The molecule has 1 saturated carbocycles. The molecular weight excluding hydrogens is 296 g/mol. The van der Waals surface area contributed by atoms with Crippen LogP contribution in [0.5, 0.6) is 0 Å². The molecule has 1 aliphatic rings. The third kappa shape index (κ3) is 9.13. The van der Waals surface area contributed by atoms with E-state index >= 15 is 0 Å². The van der Waals surface area contributed by atoms with Crippen molar-refractivity contribution in [1.29, 1.82) is 0 Å². The summed E-state index contributed by atoms with van der Waals surface area (Å²) in [6.07, 6.45) is 5.20. The Morgan fingerprint density at radius 3 is 2.57 bits per heavy atom. The average Bonchev–Trinajstić information content (AvgIpc) is 2.89. The van der Waals surface area contributed by atoms with Crippen molar-refractivity contribution in [2.45, 2.75) is 76.7 Å². The van der Waals surface area contributed by atoms with E-state index in [-0.39, 0.29) is 6.09 Å². The quantitative estimate of drug-likeness (QED) is 0.636. The van der Waals surface area contributed by atoms with Crippen LogP contribution in [-0.4, -0.2) is 57.3 Å². The van der Waals surface area contributed by atoms with Crippen molar-refractivity contribution < 1.29 is 19.0 Å². The number of ether oxygens (including phenoxy) is 3. The Balaban J connectivity index is 2.22. The number of carbonyl (C=O) groups is 1. The molecule has 136 valence electrons. The highest BCUT2D eigenvalue weighted by Gasteiger charge is 2.26. The van der Waals surface area contributed by atoms with Gasteiger partial charge in [-0.25, -0.2) is 4.79 Å². The smallest absolute Gasteiger partial charge is 0.407 e. The summed E-state index contributed by atoms with van der Waals surface area (Å²) in [5.41, 5.74) is -0.454. The number of hydrogen-bond donors (Lipinski definition) is 2. The predicted molar refractivity (Wildman–Crippen MR) is 90.7 cm³/mol. The average molecular weight is 330 g/mol. The summed E-state index contributed by atoms with van der Waals surface area (Å²) in [6.45, 7) is 6.88. The van der Waals surface area contributed by atoms with Gasteiger partial charge in [0.05, 0.1) is 12.7 Å². The maximum Gasteiger partial charge on any atom is 0.407 e. The molecule has 3 atom stereocenters. The summed E-state index contributed by atoms with van der Waals surface area (Å²) in [4.78, 5) is 11.6. The minimum Gasteiger partial charge on any atom is -0.444 e. The fraction of sp³-hybridized carbons (Fsp3) is 0.941. The summed E-state index contributed by atoms with van der Waals surface area (Å²) in [5.74, 6) is 0. The second-order valence-electron chi connectivity index (χ2n) is 7.26. The molecule has 0 heterocycles. The Morgan fingerprint density at radius 2 is 2.00 bits per heavy atom. The van der Waals surface area contributed by atoms with Gasteiger partial charge in [-0.3, -0.25) is 0 Å². The van der Waals surface area contributed by atoms with E-state index in [0.29, 0.717) is 31.3 Å². The maximum atomic E-state index is 11.6. The normalized spacial score (nSPS) is 22.8. The Bertz CT molecular complexity index is 344. The lowest BCUT2D eigenvalue weighted by molar-refractivity contribution is 0.0525. The van der Waals surface area contributed by atoms with Gasteiger partial charge < -0.3 is 24.8 Å². The van der Waals surface area contributed by atoms with Crippen LogP contribution in [0.1, 0.15) is 52.9 Å². The van der Waals surface area contributed by atoms with Gasteiger partial charge in [0.15, 0.2) is 0 Å².